The van der Waals surface area contributed by atoms with E-state index >= 15 is 0 Å². The molecule has 1 N–H and O–H groups in total. The number of carbonyl (C=O) groups is 3. The van der Waals surface area contributed by atoms with Gasteiger partial charge in [-0.25, -0.2) is 12.7 Å². The fourth-order valence-electron chi connectivity index (χ4n) is 3.69. The molecule has 2 heterocycles. The van der Waals surface area contributed by atoms with E-state index < -0.39 is 33.7 Å². The van der Waals surface area contributed by atoms with Crippen LogP contribution in [0.4, 0.5) is 0 Å². The first-order chi connectivity index (χ1) is 12.7. The van der Waals surface area contributed by atoms with Crippen LogP contribution in [0.25, 0.3) is 0 Å². The number of benzene rings is 1. The van der Waals surface area contributed by atoms with E-state index in [4.69, 9.17) is 0 Å². The second kappa shape index (κ2) is 7.40. The van der Waals surface area contributed by atoms with E-state index in [2.05, 4.69) is 0 Å². The number of amides is 2. The van der Waals surface area contributed by atoms with E-state index in [1.807, 2.05) is 6.92 Å². The minimum absolute atomic E-state index is 0.0112. The number of carboxylic acids is 1. The molecule has 0 aromatic heterocycles. The number of rotatable bonds is 6. The van der Waals surface area contributed by atoms with Gasteiger partial charge >= 0.3 is 5.97 Å². The molecule has 9 heteroatoms. The third-order valence-corrected chi connectivity index (χ3v) is 6.92. The molecule has 2 aliphatic rings. The minimum Gasteiger partial charge on any atom is -0.481 e. The maximum absolute atomic E-state index is 12.6. The maximum Gasteiger partial charge on any atom is 0.307 e. The third-order valence-electron chi connectivity index (χ3n) is 5.03. The Labute approximate surface area is 157 Å². The molecule has 8 nitrogen and oxygen atoms in total. The molecule has 0 saturated carbocycles. The topological polar surface area (TPSA) is 112 Å². The molecule has 1 aromatic rings. The molecule has 0 bridgehead atoms. The lowest BCUT2D eigenvalue weighted by Gasteiger charge is -2.33. The Morgan fingerprint density at radius 1 is 1.15 bits per heavy atom. The Kier molecular flexibility index (Phi) is 5.34. The van der Waals surface area contributed by atoms with Gasteiger partial charge < -0.3 is 5.11 Å². The number of hydrogen-bond donors (Lipinski definition) is 1. The molecule has 27 heavy (non-hydrogen) atoms. The number of piperidine rings is 1. The molecule has 1 fully saturated rings. The van der Waals surface area contributed by atoms with Gasteiger partial charge in [-0.15, -0.1) is 0 Å². The van der Waals surface area contributed by atoms with E-state index in [0.717, 1.165) is 4.90 Å². The third kappa shape index (κ3) is 3.89. The van der Waals surface area contributed by atoms with Crippen LogP contribution in [0.1, 0.15) is 40.5 Å². The molecule has 2 aliphatic heterocycles. The largest absolute Gasteiger partial charge is 0.481 e. The average molecular weight is 394 g/mol. The summed E-state index contributed by atoms with van der Waals surface area (Å²) in [4.78, 5) is 36.9. The van der Waals surface area contributed by atoms with E-state index in [-0.39, 0.29) is 31.2 Å². The van der Waals surface area contributed by atoms with Gasteiger partial charge in [0.15, 0.2) is 0 Å². The number of carbonyl (C=O) groups excluding carboxylic acids is 2. The normalized spacial score (nSPS) is 23.5. The van der Waals surface area contributed by atoms with Crippen LogP contribution in [0.3, 0.4) is 0 Å². The van der Waals surface area contributed by atoms with E-state index in [9.17, 15) is 27.9 Å². The van der Waals surface area contributed by atoms with Crippen molar-refractivity contribution in [3.63, 3.8) is 0 Å². The zero-order valence-corrected chi connectivity index (χ0v) is 15.8. The quantitative estimate of drug-likeness (QED) is 0.722. The number of sulfonamides is 1. The van der Waals surface area contributed by atoms with Gasteiger partial charge in [0.05, 0.1) is 22.8 Å². The number of imide groups is 1. The zero-order chi connectivity index (χ0) is 19.8. The van der Waals surface area contributed by atoms with Crippen LogP contribution in [0.5, 0.6) is 0 Å². The minimum atomic E-state index is -3.66. The molecular formula is C18H22N2O6S. The summed E-state index contributed by atoms with van der Waals surface area (Å²) in [5.41, 5.74) is 0.666. The Hall–Kier alpha value is -2.26. The Balaban J connectivity index is 1.61. The van der Waals surface area contributed by atoms with Crippen molar-refractivity contribution < 1.29 is 27.9 Å². The first-order valence-corrected chi connectivity index (χ1v) is 10.5. The number of fused-ring (bicyclic) bond motifs is 1. The highest BCUT2D eigenvalue weighted by atomic mass is 32.2. The van der Waals surface area contributed by atoms with Gasteiger partial charge in [-0.3, -0.25) is 19.3 Å². The maximum atomic E-state index is 12.6. The van der Waals surface area contributed by atoms with Gasteiger partial charge in [-0.05, 0) is 30.9 Å². The first kappa shape index (κ1) is 19.5. The van der Waals surface area contributed by atoms with Gasteiger partial charge in [0.2, 0.25) is 10.0 Å². The summed E-state index contributed by atoms with van der Waals surface area (Å²) in [5, 5.41) is 9.20. The predicted molar refractivity (Wildman–Crippen MR) is 96.7 cm³/mol. The van der Waals surface area contributed by atoms with Crippen LogP contribution in [-0.2, 0) is 14.8 Å². The lowest BCUT2D eigenvalue weighted by Crippen LogP contribution is -2.46. The van der Waals surface area contributed by atoms with Gasteiger partial charge in [0, 0.05) is 19.6 Å². The number of nitrogens with zero attached hydrogens (tertiary/aromatic N) is 2. The van der Waals surface area contributed by atoms with E-state index in [1.165, 1.54) is 4.31 Å². The summed E-state index contributed by atoms with van der Waals surface area (Å²) >= 11 is 0. The molecule has 3 rings (SSSR count). The standard InChI is InChI=1S/C18H22N2O6S/c1-12-9-13(18(23)24)11-19(10-12)27(25,26)8-4-7-20-16(21)14-5-2-3-6-15(14)17(20)22/h2-3,5-6,12-13H,4,7-11H2,1H3,(H,23,24). The summed E-state index contributed by atoms with van der Waals surface area (Å²) in [6.45, 7) is 2.10. The fraction of sp³-hybridized carbons (Fsp3) is 0.500. The molecule has 146 valence electrons. The lowest BCUT2D eigenvalue weighted by atomic mass is 9.92. The Morgan fingerprint density at radius 3 is 2.30 bits per heavy atom. The fourth-order valence-corrected chi connectivity index (χ4v) is 5.33. The van der Waals surface area contributed by atoms with Crippen molar-refractivity contribution in [2.45, 2.75) is 19.8 Å². The number of aliphatic carboxylic acids is 1. The van der Waals surface area contributed by atoms with Gasteiger partial charge in [0.25, 0.3) is 11.8 Å². The van der Waals surface area contributed by atoms with Gasteiger partial charge in [0.1, 0.15) is 0 Å². The lowest BCUT2D eigenvalue weighted by molar-refractivity contribution is -0.143. The average Bonchev–Trinajstić information content (AvgIpc) is 2.86. The van der Waals surface area contributed by atoms with Crippen LogP contribution in [0.2, 0.25) is 0 Å². The molecule has 2 unspecified atom stereocenters. The van der Waals surface area contributed by atoms with E-state index in [1.54, 1.807) is 24.3 Å². The van der Waals surface area contributed by atoms with Crippen molar-refractivity contribution in [3.05, 3.63) is 35.4 Å². The SMILES string of the molecule is CC1CC(C(=O)O)CN(S(=O)(=O)CCCN2C(=O)c3ccccc3C2=O)C1. The highest BCUT2D eigenvalue weighted by Crippen LogP contribution is 2.25. The second-order valence-corrected chi connectivity index (χ2v) is 9.26. The van der Waals surface area contributed by atoms with Crippen LogP contribution in [0, 0.1) is 11.8 Å². The number of carboxylic acid groups (broad SMARTS) is 1. The zero-order valence-electron chi connectivity index (χ0n) is 15.0. The van der Waals surface area contributed by atoms with Crippen molar-refractivity contribution >= 4 is 27.8 Å². The monoisotopic (exact) mass is 394 g/mol. The van der Waals surface area contributed by atoms with Gasteiger partial charge in [-0.1, -0.05) is 19.1 Å². The summed E-state index contributed by atoms with van der Waals surface area (Å²) < 4.78 is 26.4. The first-order valence-electron chi connectivity index (χ1n) is 8.86. The van der Waals surface area contributed by atoms with Crippen LogP contribution in [0.15, 0.2) is 24.3 Å². The van der Waals surface area contributed by atoms with Crippen molar-refractivity contribution in [3.8, 4) is 0 Å². The van der Waals surface area contributed by atoms with Crippen LogP contribution >= 0.6 is 0 Å². The van der Waals surface area contributed by atoms with Crippen molar-refractivity contribution in [1.82, 2.24) is 9.21 Å². The second-order valence-electron chi connectivity index (χ2n) is 7.17. The van der Waals surface area contributed by atoms with Crippen LogP contribution in [-0.4, -0.2) is 65.9 Å². The van der Waals surface area contributed by atoms with Crippen LogP contribution < -0.4 is 0 Å². The molecule has 2 atom stereocenters. The van der Waals surface area contributed by atoms with Crippen molar-refractivity contribution in [2.24, 2.45) is 11.8 Å². The van der Waals surface area contributed by atoms with Crippen molar-refractivity contribution in [2.75, 3.05) is 25.4 Å². The Bertz CT molecular complexity index is 847. The smallest absolute Gasteiger partial charge is 0.307 e. The summed E-state index contributed by atoms with van der Waals surface area (Å²) in [6.07, 6.45) is 0.562. The highest BCUT2D eigenvalue weighted by molar-refractivity contribution is 7.89. The summed E-state index contributed by atoms with van der Waals surface area (Å²) in [6, 6.07) is 6.50. The number of hydrogen-bond acceptors (Lipinski definition) is 5. The van der Waals surface area contributed by atoms with E-state index in [0.29, 0.717) is 24.1 Å². The molecule has 1 saturated heterocycles. The molecule has 0 radical (unpaired) electrons. The van der Waals surface area contributed by atoms with Crippen molar-refractivity contribution in [1.29, 1.82) is 0 Å². The molecule has 2 amide bonds. The highest BCUT2D eigenvalue weighted by Gasteiger charge is 2.37. The molecule has 1 aromatic carbocycles. The molecule has 0 spiro atoms. The predicted octanol–water partition coefficient (Wildman–Crippen LogP) is 1.05. The Morgan fingerprint density at radius 2 is 1.74 bits per heavy atom. The molecule has 0 aliphatic carbocycles. The molecular weight excluding hydrogens is 372 g/mol. The summed E-state index contributed by atoms with van der Waals surface area (Å²) in [7, 11) is -3.66. The summed E-state index contributed by atoms with van der Waals surface area (Å²) in [5.74, 6) is -2.80. The van der Waals surface area contributed by atoms with Gasteiger partial charge in [-0.2, -0.15) is 0 Å².